The van der Waals surface area contributed by atoms with Crippen LogP contribution in [0.2, 0.25) is 0 Å². The summed E-state index contributed by atoms with van der Waals surface area (Å²) in [5.74, 6) is -1.30. The summed E-state index contributed by atoms with van der Waals surface area (Å²) in [5, 5.41) is 8.50. The maximum absolute atomic E-state index is 12.5. The second-order valence-corrected chi connectivity index (χ2v) is 8.54. The quantitative estimate of drug-likeness (QED) is 0.805. The first kappa shape index (κ1) is 16.4. The van der Waals surface area contributed by atoms with Gasteiger partial charge in [0.25, 0.3) is 0 Å². The largest absolute Gasteiger partial charge is 0.481 e. The van der Waals surface area contributed by atoms with Gasteiger partial charge in [-0.1, -0.05) is 24.3 Å². The topological polar surface area (TPSA) is 92.7 Å². The van der Waals surface area contributed by atoms with Crippen LogP contribution in [0.25, 0.3) is 0 Å². The fraction of sp³-hybridized carbons (Fsp3) is 0.562. The third kappa shape index (κ3) is 3.13. The molecule has 0 bridgehead atoms. The Morgan fingerprint density at radius 3 is 2.35 bits per heavy atom. The Hall–Kier alpha value is -1.44. The maximum atomic E-state index is 12.5. The molecule has 1 aromatic rings. The molecule has 0 spiro atoms. The van der Waals surface area contributed by atoms with Gasteiger partial charge in [-0.05, 0) is 36.8 Å². The minimum atomic E-state index is -3.46. The molecular weight excluding hydrogens is 318 g/mol. The van der Waals surface area contributed by atoms with Crippen LogP contribution in [-0.2, 0) is 32.4 Å². The molecule has 0 atom stereocenters. The van der Waals surface area contributed by atoms with Crippen LogP contribution in [0.5, 0.6) is 0 Å². The van der Waals surface area contributed by atoms with Crippen LogP contribution in [0.3, 0.4) is 0 Å². The fourth-order valence-corrected chi connectivity index (χ4v) is 4.98. The second kappa shape index (κ2) is 5.89. The zero-order valence-electron chi connectivity index (χ0n) is 13.0. The van der Waals surface area contributed by atoms with Gasteiger partial charge < -0.3 is 9.84 Å². The number of rotatable bonds is 6. The summed E-state index contributed by atoms with van der Waals surface area (Å²) in [7, 11) is -1.96. The van der Waals surface area contributed by atoms with Crippen molar-refractivity contribution in [1.82, 2.24) is 4.72 Å². The third-order valence-corrected chi connectivity index (χ3v) is 6.82. The number of carbonyl (C=O) groups is 1. The first-order valence-electron chi connectivity index (χ1n) is 7.68. The van der Waals surface area contributed by atoms with E-state index in [1.165, 1.54) is 7.11 Å². The van der Waals surface area contributed by atoms with Crippen LogP contribution in [-0.4, -0.2) is 44.0 Å². The van der Waals surface area contributed by atoms with Gasteiger partial charge in [0.1, 0.15) is 0 Å². The van der Waals surface area contributed by atoms with Gasteiger partial charge in [0.15, 0.2) is 0 Å². The summed E-state index contributed by atoms with van der Waals surface area (Å²) >= 11 is 0. The molecule has 0 radical (unpaired) electrons. The maximum Gasteiger partial charge on any atom is 0.306 e. The van der Waals surface area contributed by atoms with E-state index in [9.17, 15) is 13.2 Å². The van der Waals surface area contributed by atoms with Gasteiger partial charge in [0.05, 0.1) is 16.8 Å². The Morgan fingerprint density at radius 1 is 1.30 bits per heavy atom. The van der Waals surface area contributed by atoms with Gasteiger partial charge in [0.2, 0.25) is 10.0 Å². The van der Waals surface area contributed by atoms with E-state index in [-0.39, 0.29) is 6.54 Å². The molecular formula is C16H21NO5S. The number of hydrogen-bond acceptors (Lipinski definition) is 4. The highest BCUT2D eigenvalue weighted by molar-refractivity contribution is 7.90. The van der Waals surface area contributed by atoms with Gasteiger partial charge in [-0.15, -0.1) is 0 Å². The minimum Gasteiger partial charge on any atom is -0.481 e. The lowest BCUT2D eigenvalue weighted by Crippen LogP contribution is -2.56. The van der Waals surface area contributed by atoms with Crippen molar-refractivity contribution < 1.29 is 23.1 Å². The molecule has 0 unspecified atom stereocenters. The lowest BCUT2D eigenvalue weighted by atomic mass is 9.71. The number of ether oxygens (including phenoxy) is 1. The molecule has 2 N–H and O–H groups in total. The highest BCUT2D eigenvalue weighted by Gasteiger charge is 2.48. The number of carboxylic acids is 1. The number of carboxylic acid groups (broad SMARTS) is 1. The second-order valence-electron chi connectivity index (χ2n) is 6.50. The Morgan fingerprint density at radius 2 is 1.87 bits per heavy atom. The molecule has 0 heterocycles. The monoisotopic (exact) mass is 339 g/mol. The van der Waals surface area contributed by atoms with E-state index in [2.05, 4.69) is 4.72 Å². The molecule has 1 saturated carbocycles. The molecule has 6 nitrogen and oxygen atoms in total. The third-order valence-electron chi connectivity index (χ3n) is 5.07. The molecule has 3 rings (SSSR count). The van der Waals surface area contributed by atoms with Crippen LogP contribution in [0.15, 0.2) is 24.3 Å². The number of hydrogen-bond donors (Lipinski definition) is 2. The van der Waals surface area contributed by atoms with E-state index >= 15 is 0 Å². The van der Waals surface area contributed by atoms with Gasteiger partial charge in [0, 0.05) is 13.7 Å². The molecule has 23 heavy (non-hydrogen) atoms. The van der Waals surface area contributed by atoms with Gasteiger partial charge in [-0.2, -0.15) is 0 Å². The summed E-state index contributed by atoms with van der Waals surface area (Å²) in [5.41, 5.74) is 1.47. The number of fused-ring (bicyclic) bond motifs is 1. The summed E-state index contributed by atoms with van der Waals surface area (Å²) < 4.78 is 33.1. The van der Waals surface area contributed by atoms with E-state index in [0.29, 0.717) is 25.7 Å². The molecule has 2 aliphatic carbocycles. The van der Waals surface area contributed by atoms with E-state index in [0.717, 1.165) is 11.1 Å². The molecule has 1 fully saturated rings. The van der Waals surface area contributed by atoms with Crippen LogP contribution in [0, 0.1) is 5.92 Å². The summed E-state index contributed by atoms with van der Waals surface area (Å²) in [6.07, 6.45) is 1.71. The number of benzene rings is 1. The van der Waals surface area contributed by atoms with Crippen LogP contribution < -0.4 is 4.72 Å². The Labute approximate surface area is 135 Å². The standard InChI is InChI=1S/C16H21NO5S/c1-22-16(8-13(9-16)15(18)19)10-17-23(20,21)14-6-11-4-2-3-5-12(11)7-14/h2-5,13-14,17H,6-10H2,1H3,(H,18,19). The SMILES string of the molecule is COC1(CNS(=O)(=O)C2Cc3ccccc3C2)CC(C(=O)O)C1. The number of methoxy groups -OCH3 is 1. The molecule has 0 aromatic heterocycles. The predicted molar refractivity (Wildman–Crippen MR) is 84.7 cm³/mol. The molecule has 0 aliphatic heterocycles. The average Bonchev–Trinajstić information content (AvgIpc) is 2.91. The molecule has 0 saturated heterocycles. The lowest BCUT2D eigenvalue weighted by Gasteiger charge is -2.44. The van der Waals surface area contributed by atoms with Gasteiger partial charge in [-0.3, -0.25) is 4.79 Å². The molecule has 0 amide bonds. The van der Waals surface area contributed by atoms with E-state index in [1.807, 2.05) is 24.3 Å². The summed E-state index contributed by atoms with van der Waals surface area (Å²) in [6, 6.07) is 7.76. The smallest absolute Gasteiger partial charge is 0.306 e. The Kier molecular flexibility index (Phi) is 4.20. The molecule has 2 aliphatic rings. The van der Waals surface area contributed by atoms with Crippen molar-refractivity contribution in [2.24, 2.45) is 5.92 Å². The predicted octanol–water partition coefficient (Wildman–Crippen LogP) is 0.953. The minimum absolute atomic E-state index is 0.127. The van der Waals surface area contributed by atoms with Crippen molar-refractivity contribution in [3.8, 4) is 0 Å². The number of sulfonamides is 1. The zero-order valence-corrected chi connectivity index (χ0v) is 13.8. The van der Waals surface area contributed by atoms with Crippen LogP contribution in [0.4, 0.5) is 0 Å². The highest BCUT2D eigenvalue weighted by Crippen LogP contribution is 2.40. The van der Waals surface area contributed by atoms with Crippen molar-refractivity contribution in [2.45, 2.75) is 36.5 Å². The van der Waals surface area contributed by atoms with Crippen molar-refractivity contribution in [3.05, 3.63) is 35.4 Å². The first-order valence-corrected chi connectivity index (χ1v) is 9.23. The average molecular weight is 339 g/mol. The van der Waals surface area contributed by atoms with Crippen molar-refractivity contribution in [3.63, 3.8) is 0 Å². The first-order chi connectivity index (χ1) is 10.9. The van der Waals surface area contributed by atoms with Gasteiger partial charge in [-0.25, -0.2) is 13.1 Å². The Bertz CT molecular complexity index is 684. The highest BCUT2D eigenvalue weighted by atomic mass is 32.2. The van der Waals surface area contributed by atoms with E-state index in [1.54, 1.807) is 0 Å². The number of aliphatic carboxylic acids is 1. The molecule has 7 heteroatoms. The van der Waals surface area contributed by atoms with Crippen molar-refractivity contribution in [2.75, 3.05) is 13.7 Å². The number of nitrogens with one attached hydrogen (secondary N) is 1. The lowest BCUT2D eigenvalue weighted by molar-refractivity contribution is -0.161. The molecule has 1 aromatic carbocycles. The summed E-state index contributed by atoms with van der Waals surface area (Å²) in [6.45, 7) is 0.127. The zero-order chi connectivity index (χ0) is 16.7. The fourth-order valence-electron chi connectivity index (χ4n) is 3.48. The normalized spacial score (nSPS) is 27.4. The van der Waals surface area contributed by atoms with Crippen molar-refractivity contribution >= 4 is 16.0 Å². The van der Waals surface area contributed by atoms with Crippen LogP contribution in [0.1, 0.15) is 24.0 Å². The van der Waals surface area contributed by atoms with E-state index in [4.69, 9.17) is 9.84 Å². The van der Waals surface area contributed by atoms with Crippen molar-refractivity contribution in [1.29, 1.82) is 0 Å². The summed E-state index contributed by atoms with van der Waals surface area (Å²) in [4.78, 5) is 10.9. The van der Waals surface area contributed by atoms with Crippen LogP contribution >= 0.6 is 0 Å². The Balaban J connectivity index is 1.61. The van der Waals surface area contributed by atoms with E-state index < -0.39 is 32.8 Å². The van der Waals surface area contributed by atoms with Gasteiger partial charge >= 0.3 is 5.97 Å². The molecule has 126 valence electrons.